The number of non-ortho nitro benzene ring substituents is 1. The van der Waals surface area contributed by atoms with Gasteiger partial charge in [0.05, 0.1) is 28.5 Å². The Morgan fingerprint density at radius 3 is 2.71 bits per heavy atom. The summed E-state index contributed by atoms with van der Waals surface area (Å²) in [4.78, 5) is 28.2. The minimum atomic E-state index is -0.456. The molecule has 1 unspecified atom stereocenters. The molecule has 42 heavy (non-hydrogen) atoms. The van der Waals surface area contributed by atoms with Crippen molar-refractivity contribution in [2.45, 2.75) is 46.3 Å². The highest BCUT2D eigenvalue weighted by molar-refractivity contribution is 9.10. The molecule has 0 radical (unpaired) electrons. The summed E-state index contributed by atoms with van der Waals surface area (Å²) in [7, 11) is 0. The number of aromatic nitrogens is 1. The second kappa shape index (κ2) is 12.4. The largest absolute Gasteiger partial charge is 0.481 e. The van der Waals surface area contributed by atoms with Crippen LogP contribution in [0.2, 0.25) is 0 Å². The van der Waals surface area contributed by atoms with Crippen molar-refractivity contribution in [1.82, 2.24) is 4.98 Å². The first kappa shape index (κ1) is 29.4. The number of nitro groups is 1. The van der Waals surface area contributed by atoms with Gasteiger partial charge in [-0.2, -0.15) is 5.10 Å². The third kappa shape index (κ3) is 6.52. The van der Waals surface area contributed by atoms with Gasteiger partial charge in [0.15, 0.2) is 6.61 Å². The van der Waals surface area contributed by atoms with E-state index < -0.39 is 5.97 Å². The van der Waals surface area contributed by atoms with Crippen LogP contribution in [0.4, 0.5) is 10.8 Å². The Balaban J connectivity index is 1.52. The van der Waals surface area contributed by atoms with Crippen molar-refractivity contribution in [3.8, 4) is 17.0 Å². The Labute approximate surface area is 256 Å². The molecule has 4 aromatic rings. The molecule has 0 saturated heterocycles. The van der Waals surface area contributed by atoms with Crippen molar-refractivity contribution in [3.63, 3.8) is 0 Å². The van der Waals surface area contributed by atoms with Crippen LogP contribution in [-0.4, -0.2) is 34.3 Å². The number of hydrogen-bond acceptors (Lipinski definition) is 9. The first-order chi connectivity index (χ1) is 20.1. The van der Waals surface area contributed by atoms with Gasteiger partial charge in [-0.15, -0.1) is 11.3 Å². The van der Waals surface area contributed by atoms with E-state index in [0.717, 1.165) is 32.4 Å². The van der Waals surface area contributed by atoms with Crippen LogP contribution in [0, 0.1) is 24.0 Å². The number of nitro benzene ring substituents is 1. The fraction of sp³-hybridized carbons (Fsp3) is 0.258. The maximum absolute atomic E-state index is 12.1. The average molecular weight is 650 g/mol. The van der Waals surface area contributed by atoms with Crippen LogP contribution in [0.1, 0.15) is 48.6 Å². The Morgan fingerprint density at radius 2 is 1.95 bits per heavy atom. The monoisotopic (exact) mass is 648 g/mol. The fourth-order valence-corrected chi connectivity index (χ4v) is 5.94. The van der Waals surface area contributed by atoms with Crippen LogP contribution in [-0.2, 0) is 9.53 Å². The molecule has 0 amide bonds. The normalized spacial score (nSPS) is 14.7. The smallest absolute Gasteiger partial charge is 0.344 e. The highest BCUT2D eigenvalue weighted by atomic mass is 79.9. The van der Waals surface area contributed by atoms with Crippen molar-refractivity contribution in [2.75, 3.05) is 11.6 Å². The summed E-state index contributed by atoms with van der Waals surface area (Å²) >= 11 is 4.94. The Hall–Kier alpha value is -4.09. The zero-order valence-electron chi connectivity index (χ0n) is 23.5. The van der Waals surface area contributed by atoms with Crippen LogP contribution in [0.25, 0.3) is 11.3 Å². The number of carbonyl (C=O) groups is 1. The van der Waals surface area contributed by atoms with E-state index in [1.54, 1.807) is 32.0 Å². The number of thiazole rings is 1. The third-order valence-electron chi connectivity index (χ3n) is 6.70. The van der Waals surface area contributed by atoms with Crippen LogP contribution in [0.5, 0.6) is 5.75 Å². The molecule has 0 saturated carbocycles. The number of benzene rings is 3. The van der Waals surface area contributed by atoms with Crippen LogP contribution < -0.4 is 9.75 Å². The maximum atomic E-state index is 12.1. The standard InChI is InChI=1S/C31H29BrN4O5S/c1-18(2)41-30(37)16-40-29-11-10-22(32)14-25(29)27-17-42-31(33-27)35-28(21-6-5-7-23(13-21)36(38)39)15-26(34-35)24-12-19(3)8-9-20(24)4/h5-14,17-18,28H,15-16H2,1-4H3. The molecule has 9 nitrogen and oxygen atoms in total. The number of anilines is 1. The zero-order chi connectivity index (χ0) is 30.0. The molecule has 5 rings (SSSR count). The quantitative estimate of drug-likeness (QED) is 0.104. The van der Waals surface area contributed by atoms with Gasteiger partial charge in [0, 0.05) is 39.5 Å². The lowest BCUT2D eigenvalue weighted by molar-refractivity contribution is -0.384. The Kier molecular flexibility index (Phi) is 8.69. The van der Waals surface area contributed by atoms with Crippen molar-refractivity contribution in [1.29, 1.82) is 0 Å². The lowest BCUT2D eigenvalue weighted by Crippen LogP contribution is -2.19. The average Bonchev–Trinajstić information content (AvgIpc) is 3.61. The molecule has 216 valence electrons. The molecular weight excluding hydrogens is 620 g/mol. The minimum Gasteiger partial charge on any atom is -0.481 e. The SMILES string of the molecule is Cc1ccc(C)c(C2=NN(c3nc(-c4cc(Br)ccc4OCC(=O)OC(C)C)cs3)C(c3cccc([N+](=O)[O-])c3)C2)c1. The lowest BCUT2D eigenvalue weighted by atomic mass is 9.95. The third-order valence-corrected chi connectivity index (χ3v) is 8.02. The van der Waals surface area contributed by atoms with Gasteiger partial charge in [-0.3, -0.25) is 10.1 Å². The first-order valence-corrected chi connectivity index (χ1v) is 15.0. The summed E-state index contributed by atoms with van der Waals surface area (Å²) in [6, 6.07) is 18.1. The number of hydrogen-bond donors (Lipinski definition) is 0. The number of halogens is 1. The second-order valence-corrected chi connectivity index (χ2v) is 12.0. The first-order valence-electron chi connectivity index (χ1n) is 13.4. The molecule has 0 fully saturated rings. The van der Waals surface area contributed by atoms with Crippen LogP contribution in [0.15, 0.2) is 75.6 Å². The van der Waals surface area contributed by atoms with E-state index in [0.29, 0.717) is 28.6 Å². The summed E-state index contributed by atoms with van der Waals surface area (Å²) in [5.74, 6) is 0.0370. The second-order valence-electron chi connectivity index (χ2n) is 10.3. The van der Waals surface area contributed by atoms with Crippen molar-refractivity contribution >= 4 is 49.8 Å². The molecule has 2 heterocycles. The number of carbonyl (C=O) groups excluding carboxylic acids is 1. The Bertz CT molecular complexity index is 1690. The van der Waals surface area contributed by atoms with Gasteiger partial charge < -0.3 is 9.47 Å². The molecule has 11 heteroatoms. The molecule has 1 aliphatic rings. The summed E-state index contributed by atoms with van der Waals surface area (Å²) in [5.41, 5.74) is 6.32. The molecule has 0 bridgehead atoms. The number of rotatable bonds is 9. The van der Waals surface area contributed by atoms with Gasteiger partial charge in [0.1, 0.15) is 5.75 Å². The Morgan fingerprint density at radius 1 is 1.14 bits per heavy atom. The summed E-state index contributed by atoms with van der Waals surface area (Å²) in [6.45, 7) is 7.44. The molecule has 1 atom stereocenters. The van der Waals surface area contributed by atoms with E-state index in [1.807, 2.05) is 35.5 Å². The van der Waals surface area contributed by atoms with Crippen LogP contribution >= 0.6 is 27.3 Å². The van der Waals surface area contributed by atoms with E-state index in [-0.39, 0.29) is 29.4 Å². The van der Waals surface area contributed by atoms with Gasteiger partial charge in [-0.05, 0) is 63.1 Å². The van der Waals surface area contributed by atoms with Gasteiger partial charge in [0.25, 0.3) is 5.69 Å². The van der Waals surface area contributed by atoms with E-state index in [9.17, 15) is 14.9 Å². The van der Waals surface area contributed by atoms with E-state index in [2.05, 4.69) is 41.1 Å². The number of esters is 1. The highest BCUT2D eigenvalue weighted by Gasteiger charge is 2.33. The number of nitrogens with zero attached hydrogens (tertiary/aromatic N) is 4. The van der Waals surface area contributed by atoms with E-state index >= 15 is 0 Å². The molecule has 1 aromatic heterocycles. The van der Waals surface area contributed by atoms with Crippen molar-refractivity contribution in [2.24, 2.45) is 5.10 Å². The molecule has 1 aliphatic heterocycles. The van der Waals surface area contributed by atoms with Crippen molar-refractivity contribution in [3.05, 3.63) is 103 Å². The number of hydrazone groups is 1. The number of ether oxygens (including phenoxy) is 2. The lowest BCUT2D eigenvalue weighted by Gasteiger charge is -2.21. The van der Waals surface area contributed by atoms with Gasteiger partial charge in [-0.25, -0.2) is 14.8 Å². The summed E-state index contributed by atoms with van der Waals surface area (Å²) < 4.78 is 11.9. The molecular formula is C31H29BrN4O5S. The predicted molar refractivity (Wildman–Crippen MR) is 167 cm³/mol. The van der Waals surface area contributed by atoms with Gasteiger partial charge >= 0.3 is 5.97 Å². The van der Waals surface area contributed by atoms with Crippen LogP contribution in [0.3, 0.4) is 0 Å². The fourth-order valence-electron chi connectivity index (χ4n) is 4.76. The predicted octanol–water partition coefficient (Wildman–Crippen LogP) is 7.78. The summed E-state index contributed by atoms with van der Waals surface area (Å²) in [5, 5.41) is 21.0. The van der Waals surface area contributed by atoms with E-state index in [4.69, 9.17) is 19.6 Å². The maximum Gasteiger partial charge on any atom is 0.344 e. The molecule has 0 spiro atoms. The molecule has 3 aromatic carbocycles. The molecule has 0 aliphatic carbocycles. The number of aryl methyl sites for hydroxylation is 2. The topological polar surface area (TPSA) is 107 Å². The van der Waals surface area contributed by atoms with E-state index in [1.165, 1.54) is 17.4 Å². The highest BCUT2D eigenvalue weighted by Crippen LogP contribution is 2.42. The molecule has 0 N–H and O–H groups in total. The van der Waals surface area contributed by atoms with Crippen molar-refractivity contribution < 1.29 is 19.2 Å². The van der Waals surface area contributed by atoms with Gasteiger partial charge in [0.2, 0.25) is 5.13 Å². The minimum absolute atomic E-state index is 0.0272. The summed E-state index contributed by atoms with van der Waals surface area (Å²) in [6.07, 6.45) is 0.323. The van der Waals surface area contributed by atoms with Gasteiger partial charge in [-0.1, -0.05) is 45.8 Å². The zero-order valence-corrected chi connectivity index (χ0v) is 25.9.